The Kier molecular flexibility index (Phi) is 6.06. The van der Waals surface area contributed by atoms with Gasteiger partial charge in [-0.15, -0.1) is 5.10 Å². The van der Waals surface area contributed by atoms with Gasteiger partial charge in [0.25, 0.3) is 5.89 Å². The van der Waals surface area contributed by atoms with E-state index >= 15 is 0 Å². The van der Waals surface area contributed by atoms with E-state index in [0.717, 1.165) is 38.0 Å². The summed E-state index contributed by atoms with van der Waals surface area (Å²) < 4.78 is 24.0. The summed E-state index contributed by atoms with van der Waals surface area (Å²) in [7, 11) is 0. The van der Waals surface area contributed by atoms with E-state index in [0.29, 0.717) is 17.2 Å². The summed E-state index contributed by atoms with van der Waals surface area (Å²) >= 11 is 6.56. The number of ether oxygens (including phenoxy) is 3. The second-order valence-electron chi connectivity index (χ2n) is 9.15. The highest BCUT2D eigenvalue weighted by molar-refractivity contribution is 6.34. The lowest BCUT2D eigenvalue weighted by molar-refractivity contribution is 0.0482. The molecule has 2 aromatic carbocycles. The molecule has 36 heavy (non-hydrogen) atoms. The topological polar surface area (TPSA) is 108 Å². The molecule has 1 aromatic heterocycles. The van der Waals surface area contributed by atoms with E-state index in [4.69, 9.17) is 30.2 Å². The lowest BCUT2D eigenvalue weighted by Gasteiger charge is -2.43. The molecule has 0 spiro atoms. The minimum atomic E-state index is -0.692. The summed E-state index contributed by atoms with van der Waals surface area (Å²) in [6, 6.07) is 10.9. The van der Waals surface area contributed by atoms with E-state index in [1.807, 2.05) is 30.3 Å². The van der Waals surface area contributed by atoms with Crippen molar-refractivity contribution in [3.8, 4) is 23.0 Å². The maximum Gasteiger partial charge on any atom is 0.437 e. The monoisotopic (exact) mass is 512 g/mol. The van der Waals surface area contributed by atoms with Crippen molar-refractivity contribution in [2.24, 2.45) is 5.92 Å². The average molecular weight is 513 g/mol. The first-order valence-corrected chi connectivity index (χ1v) is 12.4. The zero-order chi connectivity index (χ0) is 24.6. The van der Waals surface area contributed by atoms with Gasteiger partial charge < -0.3 is 23.5 Å². The Bertz CT molecular complexity index is 1330. The van der Waals surface area contributed by atoms with Crippen LogP contribution >= 0.6 is 11.6 Å². The van der Waals surface area contributed by atoms with Crippen molar-refractivity contribution in [3.05, 3.63) is 57.5 Å². The van der Waals surface area contributed by atoms with E-state index in [1.165, 1.54) is 4.68 Å². The molecule has 4 aliphatic heterocycles. The zero-order valence-corrected chi connectivity index (χ0v) is 20.2. The molecular weight excluding hydrogens is 488 g/mol. The van der Waals surface area contributed by atoms with Crippen LogP contribution in [0.5, 0.6) is 11.5 Å². The number of hydrogen-bond donors (Lipinski definition) is 1. The Labute approximate surface area is 211 Å². The Morgan fingerprint density at radius 3 is 2.61 bits per heavy atom. The van der Waals surface area contributed by atoms with Crippen LogP contribution in [0.2, 0.25) is 5.02 Å². The molecule has 1 N–H and O–H groups in total. The molecule has 1 amide bonds. The minimum absolute atomic E-state index is 0.0266. The van der Waals surface area contributed by atoms with Gasteiger partial charge in [0.15, 0.2) is 11.5 Å². The molecule has 3 saturated heterocycles. The van der Waals surface area contributed by atoms with E-state index in [9.17, 15) is 9.59 Å². The van der Waals surface area contributed by atoms with Crippen LogP contribution in [0.25, 0.3) is 11.5 Å². The first-order chi connectivity index (χ1) is 17.6. The molecule has 11 heteroatoms. The fourth-order valence-corrected chi connectivity index (χ4v) is 5.37. The quantitative estimate of drug-likeness (QED) is 0.547. The van der Waals surface area contributed by atoms with Gasteiger partial charge >= 0.3 is 11.8 Å². The van der Waals surface area contributed by atoms with Gasteiger partial charge in [-0.3, -0.25) is 5.32 Å². The molecule has 2 bridgehead atoms. The van der Waals surface area contributed by atoms with E-state index in [1.54, 1.807) is 6.07 Å². The van der Waals surface area contributed by atoms with Gasteiger partial charge in [0.1, 0.15) is 25.5 Å². The molecule has 1 atom stereocenters. The number of hydrogen-bond acceptors (Lipinski definition) is 8. The molecule has 7 rings (SSSR count). The summed E-state index contributed by atoms with van der Waals surface area (Å²) in [5.41, 5.74) is 1.45. The average Bonchev–Trinajstić information content (AvgIpc) is 3.31. The van der Waals surface area contributed by atoms with Crippen LogP contribution in [0.4, 0.5) is 10.5 Å². The number of amides is 1. The second kappa shape index (κ2) is 9.51. The van der Waals surface area contributed by atoms with Crippen LogP contribution in [0.3, 0.4) is 0 Å². The number of rotatable bonds is 5. The highest BCUT2D eigenvalue weighted by Crippen LogP contribution is 2.48. The van der Waals surface area contributed by atoms with Crippen LogP contribution in [-0.4, -0.2) is 53.6 Å². The van der Waals surface area contributed by atoms with Crippen molar-refractivity contribution in [1.82, 2.24) is 14.7 Å². The van der Waals surface area contributed by atoms with Gasteiger partial charge in [-0.05, 0) is 43.5 Å². The Morgan fingerprint density at radius 1 is 1.14 bits per heavy atom. The Balaban J connectivity index is 1.28. The molecule has 0 unspecified atom stereocenters. The van der Waals surface area contributed by atoms with E-state index < -0.39 is 11.8 Å². The van der Waals surface area contributed by atoms with E-state index in [2.05, 4.69) is 15.3 Å². The number of nitrogens with zero attached hydrogens (tertiary/aromatic N) is 3. The smallest absolute Gasteiger partial charge is 0.437 e. The molecule has 4 aliphatic rings. The van der Waals surface area contributed by atoms with Gasteiger partial charge in [-0.25, -0.2) is 9.59 Å². The number of piperidine rings is 3. The molecule has 0 aliphatic carbocycles. The third-order valence-electron chi connectivity index (χ3n) is 6.94. The summed E-state index contributed by atoms with van der Waals surface area (Å²) in [5.74, 6) is 0.512. The summed E-state index contributed by atoms with van der Waals surface area (Å²) in [6.07, 6.45) is 1.39. The van der Waals surface area contributed by atoms with E-state index in [-0.39, 0.29) is 48.2 Å². The summed E-state index contributed by atoms with van der Waals surface area (Å²) in [6.45, 7) is 3.53. The number of nitrogens with one attached hydrogen (secondary N) is 1. The summed E-state index contributed by atoms with van der Waals surface area (Å²) in [5, 5.41) is 7.35. The normalized spacial score (nSPS) is 22.3. The van der Waals surface area contributed by atoms with Crippen LogP contribution in [0.15, 0.2) is 45.6 Å². The molecule has 10 nitrogen and oxygen atoms in total. The third kappa shape index (κ3) is 4.31. The number of halogens is 1. The first-order valence-electron chi connectivity index (χ1n) is 12.0. The third-order valence-corrected chi connectivity index (χ3v) is 7.24. The van der Waals surface area contributed by atoms with Crippen LogP contribution in [0, 0.1) is 5.92 Å². The van der Waals surface area contributed by atoms with Gasteiger partial charge in [0.2, 0.25) is 0 Å². The van der Waals surface area contributed by atoms with Gasteiger partial charge in [0, 0.05) is 6.54 Å². The predicted octanol–water partition coefficient (Wildman–Crippen LogP) is 3.94. The van der Waals surface area contributed by atoms with Crippen LogP contribution in [-0.2, 0) is 11.3 Å². The molecular formula is C25H25ClN4O6. The minimum Gasteiger partial charge on any atom is -0.485 e. The Hall–Kier alpha value is -3.50. The molecule has 0 radical (unpaired) electrons. The van der Waals surface area contributed by atoms with Crippen molar-refractivity contribution < 1.29 is 23.4 Å². The van der Waals surface area contributed by atoms with Crippen LogP contribution in [0.1, 0.15) is 24.4 Å². The molecule has 3 fully saturated rings. The highest BCUT2D eigenvalue weighted by Gasteiger charge is 2.38. The number of benzene rings is 2. The lowest BCUT2D eigenvalue weighted by Crippen LogP contribution is -2.49. The molecule has 3 aromatic rings. The standard InChI is InChI=1S/C25H25ClN4O6/c26-18-12-17(23-28-30(25(32)36-23)19-13-29-8-6-16(19)7-9-29)21-22(34-11-10-33-21)20(18)27-24(31)35-14-15-4-2-1-3-5-15/h1-5,12,16,19H,6-11,13-14H2,(H,27,31)/t19-/m0/s1. The molecule has 5 heterocycles. The van der Waals surface area contributed by atoms with Gasteiger partial charge in [0.05, 0.1) is 16.6 Å². The predicted molar refractivity (Wildman–Crippen MR) is 131 cm³/mol. The number of aromatic nitrogens is 2. The molecule has 0 saturated carbocycles. The molecule has 188 valence electrons. The first kappa shape index (κ1) is 22.9. The largest absolute Gasteiger partial charge is 0.485 e. The number of anilines is 1. The van der Waals surface area contributed by atoms with Gasteiger partial charge in [-0.2, -0.15) is 4.68 Å². The van der Waals surface area contributed by atoms with Crippen molar-refractivity contribution in [1.29, 1.82) is 0 Å². The Morgan fingerprint density at radius 2 is 1.89 bits per heavy atom. The summed E-state index contributed by atoms with van der Waals surface area (Å²) in [4.78, 5) is 27.6. The SMILES string of the molecule is O=C(Nc1c(Cl)cc(-c2nn([C@H]3CN4CCC3CC4)c(=O)o2)c2c1OCCO2)OCc1ccccc1. The maximum absolute atomic E-state index is 12.8. The van der Waals surface area contributed by atoms with Crippen molar-refractivity contribution in [2.45, 2.75) is 25.5 Å². The van der Waals surface area contributed by atoms with Crippen LogP contribution < -0.4 is 20.5 Å². The second-order valence-corrected chi connectivity index (χ2v) is 9.55. The highest BCUT2D eigenvalue weighted by atomic mass is 35.5. The maximum atomic E-state index is 12.8. The van der Waals surface area contributed by atoms with Gasteiger partial charge in [-0.1, -0.05) is 41.9 Å². The fraction of sp³-hybridized carbons (Fsp3) is 0.400. The van der Waals surface area contributed by atoms with Crippen molar-refractivity contribution in [3.63, 3.8) is 0 Å². The fourth-order valence-electron chi connectivity index (χ4n) is 5.13. The zero-order valence-electron chi connectivity index (χ0n) is 19.4. The number of carbonyl (C=O) groups is 1. The van der Waals surface area contributed by atoms with Crippen molar-refractivity contribution >= 4 is 23.4 Å². The van der Waals surface area contributed by atoms with Crippen molar-refractivity contribution in [2.75, 3.05) is 38.2 Å². The number of fused-ring (bicyclic) bond motifs is 4. The number of carbonyl (C=O) groups excluding carboxylic acids is 1. The lowest BCUT2D eigenvalue weighted by atomic mass is 9.84.